The fourth-order valence-corrected chi connectivity index (χ4v) is 1.65. The molecule has 0 aromatic carbocycles. The summed E-state index contributed by atoms with van der Waals surface area (Å²) >= 11 is 0. The van der Waals surface area contributed by atoms with E-state index in [9.17, 15) is 0 Å². The van der Waals surface area contributed by atoms with E-state index in [1.807, 2.05) is 6.92 Å². The molecule has 0 bridgehead atoms. The van der Waals surface area contributed by atoms with Gasteiger partial charge >= 0.3 is 0 Å². The normalized spacial score (nSPS) is 20.0. The lowest BCUT2D eigenvalue weighted by atomic mass is 10.1. The van der Waals surface area contributed by atoms with E-state index in [1.165, 1.54) is 19.3 Å². The van der Waals surface area contributed by atoms with Gasteiger partial charge in [0.2, 0.25) is 0 Å². The van der Waals surface area contributed by atoms with E-state index in [1.54, 1.807) is 7.11 Å². The summed E-state index contributed by atoms with van der Waals surface area (Å²) in [6.07, 6.45) is 4.72. The van der Waals surface area contributed by atoms with Gasteiger partial charge in [-0.3, -0.25) is 5.41 Å². The van der Waals surface area contributed by atoms with E-state index in [0.717, 1.165) is 25.3 Å². The summed E-state index contributed by atoms with van der Waals surface area (Å²) in [5.74, 6) is 0.744. The second-order valence-electron chi connectivity index (χ2n) is 3.74. The Morgan fingerprint density at radius 1 is 1.38 bits per heavy atom. The number of methoxy groups -OCH3 is 1. The van der Waals surface area contributed by atoms with Gasteiger partial charge in [-0.15, -0.1) is 0 Å². The lowest BCUT2D eigenvalue weighted by Gasteiger charge is -2.29. The van der Waals surface area contributed by atoms with Gasteiger partial charge in [0.05, 0.1) is 11.9 Å². The van der Waals surface area contributed by atoms with Gasteiger partial charge in [0.1, 0.15) is 0 Å². The van der Waals surface area contributed by atoms with Crippen molar-refractivity contribution >= 4 is 5.84 Å². The Labute approximate surface area is 80.6 Å². The van der Waals surface area contributed by atoms with Gasteiger partial charge < -0.3 is 9.64 Å². The summed E-state index contributed by atoms with van der Waals surface area (Å²) in [5.41, 5.74) is 0. The van der Waals surface area contributed by atoms with Crippen LogP contribution in [0.4, 0.5) is 0 Å². The molecular formula is C10H20N2O. The van der Waals surface area contributed by atoms with Crippen molar-refractivity contribution in [3.8, 4) is 0 Å². The van der Waals surface area contributed by atoms with Crippen molar-refractivity contribution < 1.29 is 4.74 Å². The third-order valence-corrected chi connectivity index (χ3v) is 2.62. The molecule has 0 aliphatic carbocycles. The van der Waals surface area contributed by atoms with Crippen LogP contribution in [-0.4, -0.2) is 37.0 Å². The van der Waals surface area contributed by atoms with E-state index in [2.05, 4.69) is 4.90 Å². The van der Waals surface area contributed by atoms with Crippen LogP contribution in [0.2, 0.25) is 0 Å². The lowest BCUT2D eigenvalue weighted by molar-refractivity contribution is 0.121. The highest BCUT2D eigenvalue weighted by Gasteiger charge is 2.15. The van der Waals surface area contributed by atoms with Gasteiger partial charge in [0.25, 0.3) is 0 Å². The standard InChI is InChI=1S/C10H20N2O/c1-9(13-2)8-10(11)12-6-4-3-5-7-12/h9,11H,3-8H2,1-2H3. The number of hydrogen-bond donors (Lipinski definition) is 1. The van der Waals surface area contributed by atoms with Crippen molar-refractivity contribution in [2.75, 3.05) is 20.2 Å². The lowest BCUT2D eigenvalue weighted by Crippen LogP contribution is -2.36. The fraction of sp³-hybridized carbons (Fsp3) is 0.900. The highest BCUT2D eigenvalue weighted by atomic mass is 16.5. The molecule has 1 fully saturated rings. The van der Waals surface area contributed by atoms with Crippen molar-refractivity contribution in [1.29, 1.82) is 5.41 Å². The smallest absolute Gasteiger partial charge is 0.0983 e. The van der Waals surface area contributed by atoms with Crippen LogP contribution in [-0.2, 0) is 4.74 Å². The first-order valence-electron chi connectivity index (χ1n) is 5.09. The van der Waals surface area contributed by atoms with E-state index >= 15 is 0 Å². The molecular weight excluding hydrogens is 164 g/mol. The third-order valence-electron chi connectivity index (χ3n) is 2.62. The summed E-state index contributed by atoms with van der Waals surface area (Å²) < 4.78 is 5.14. The first kappa shape index (κ1) is 10.5. The molecule has 1 aliphatic rings. The molecule has 0 aromatic heterocycles. The predicted molar refractivity (Wildman–Crippen MR) is 54.2 cm³/mol. The van der Waals surface area contributed by atoms with Crippen molar-refractivity contribution in [3.05, 3.63) is 0 Å². The molecule has 0 aromatic rings. The van der Waals surface area contributed by atoms with Crippen molar-refractivity contribution in [3.63, 3.8) is 0 Å². The quantitative estimate of drug-likeness (QED) is 0.537. The maximum atomic E-state index is 7.86. The highest BCUT2D eigenvalue weighted by Crippen LogP contribution is 2.11. The van der Waals surface area contributed by atoms with Crippen LogP contribution in [0.15, 0.2) is 0 Å². The summed E-state index contributed by atoms with van der Waals surface area (Å²) in [7, 11) is 1.70. The summed E-state index contributed by atoms with van der Waals surface area (Å²) in [4.78, 5) is 2.18. The Kier molecular flexibility index (Phi) is 4.22. The fourth-order valence-electron chi connectivity index (χ4n) is 1.65. The van der Waals surface area contributed by atoms with Gasteiger partial charge in [0.15, 0.2) is 0 Å². The van der Waals surface area contributed by atoms with Crippen molar-refractivity contribution in [2.24, 2.45) is 0 Å². The Hall–Kier alpha value is -0.570. The molecule has 3 heteroatoms. The molecule has 1 N–H and O–H groups in total. The van der Waals surface area contributed by atoms with Crippen LogP contribution in [0.1, 0.15) is 32.6 Å². The van der Waals surface area contributed by atoms with Gasteiger partial charge in [-0.05, 0) is 26.2 Å². The van der Waals surface area contributed by atoms with Crippen LogP contribution in [0.25, 0.3) is 0 Å². The number of hydrogen-bond acceptors (Lipinski definition) is 2. The van der Waals surface area contributed by atoms with Crippen LogP contribution < -0.4 is 0 Å². The number of amidine groups is 1. The topological polar surface area (TPSA) is 36.3 Å². The predicted octanol–water partition coefficient (Wildman–Crippen LogP) is 1.87. The monoisotopic (exact) mass is 184 g/mol. The minimum atomic E-state index is 0.175. The van der Waals surface area contributed by atoms with E-state index in [-0.39, 0.29) is 6.10 Å². The Bertz CT molecular complexity index is 164. The third kappa shape index (κ3) is 3.35. The Balaban J connectivity index is 2.29. The second-order valence-corrected chi connectivity index (χ2v) is 3.74. The highest BCUT2D eigenvalue weighted by molar-refractivity contribution is 5.79. The molecule has 1 rings (SSSR count). The maximum Gasteiger partial charge on any atom is 0.0983 e. The number of ether oxygens (including phenoxy) is 1. The zero-order valence-electron chi connectivity index (χ0n) is 8.68. The summed E-state index contributed by atoms with van der Waals surface area (Å²) in [5, 5.41) is 7.86. The molecule has 13 heavy (non-hydrogen) atoms. The van der Waals surface area contributed by atoms with Crippen LogP contribution >= 0.6 is 0 Å². The average molecular weight is 184 g/mol. The zero-order valence-corrected chi connectivity index (χ0v) is 8.68. The Morgan fingerprint density at radius 2 is 2.00 bits per heavy atom. The SMILES string of the molecule is COC(C)CC(=N)N1CCCCC1. The number of nitrogens with one attached hydrogen (secondary N) is 1. The van der Waals surface area contributed by atoms with Gasteiger partial charge in [-0.1, -0.05) is 0 Å². The summed E-state index contributed by atoms with van der Waals surface area (Å²) in [6, 6.07) is 0. The number of nitrogens with zero attached hydrogens (tertiary/aromatic N) is 1. The maximum absolute atomic E-state index is 7.86. The molecule has 3 nitrogen and oxygen atoms in total. The second kappa shape index (κ2) is 5.22. The van der Waals surface area contributed by atoms with Crippen molar-refractivity contribution in [2.45, 2.75) is 38.7 Å². The molecule has 1 heterocycles. The first-order valence-corrected chi connectivity index (χ1v) is 5.09. The van der Waals surface area contributed by atoms with E-state index in [0.29, 0.717) is 0 Å². The Morgan fingerprint density at radius 3 is 2.54 bits per heavy atom. The van der Waals surface area contributed by atoms with Crippen LogP contribution in [0.5, 0.6) is 0 Å². The molecule has 0 saturated carbocycles. The number of rotatable bonds is 3. The van der Waals surface area contributed by atoms with Crippen LogP contribution in [0, 0.1) is 5.41 Å². The van der Waals surface area contributed by atoms with Crippen LogP contribution in [0.3, 0.4) is 0 Å². The molecule has 1 aliphatic heterocycles. The zero-order chi connectivity index (χ0) is 9.68. The first-order chi connectivity index (χ1) is 6.24. The molecule has 1 saturated heterocycles. The largest absolute Gasteiger partial charge is 0.381 e. The number of piperidine rings is 1. The van der Waals surface area contributed by atoms with Gasteiger partial charge in [-0.25, -0.2) is 0 Å². The minimum Gasteiger partial charge on any atom is -0.381 e. The average Bonchev–Trinajstić information content (AvgIpc) is 2.19. The van der Waals surface area contributed by atoms with E-state index in [4.69, 9.17) is 10.1 Å². The van der Waals surface area contributed by atoms with Gasteiger partial charge in [-0.2, -0.15) is 0 Å². The van der Waals surface area contributed by atoms with E-state index < -0.39 is 0 Å². The number of likely N-dealkylation sites (tertiary alicyclic amines) is 1. The molecule has 0 spiro atoms. The molecule has 1 atom stereocenters. The van der Waals surface area contributed by atoms with Gasteiger partial charge in [0, 0.05) is 26.6 Å². The molecule has 1 unspecified atom stereocenters. The van der Waals surface area contributed by atoms with Crippen molar-refractivity contribution in [1.82, 2.24) is 4.90 Å². The summed E-state index contributed by atoms with van der Waals surface area (Å²) in [6.45, 7) is 4.14. The molecule has 0 amide bonds. The molecule has 0 radical (unpaired) electrons. The minimum absolute atomic E-state index is 0.175. The molecule has 76 valence electrons.